The van der Waals surface area contributed by atoms with Crippen molar-refractivity contribution < 1.29 is 80.1 Å². The normalized spacial score (nSPS) is 14.8. The molecule has 26 heteroatoms. The van der Waals surface area contributed by atoms with Gasteiger partial charge in [-0.15, -0.1) is 0 Å². The SMILES string of the molecule is COc1cc2ncnc(Oc3ccc(CC(=O)C4(C(=O)Cc5ccc(F)cc5)CC4)cc3F)c2cc1O.COc1cc2ncnc(Oc3ccc(CC(=O)C4(C(=O)Cc5ccc(F)cc5)CC4)cc3F)c2cc1OCCCN1CCOCC1.OCCCN1CCOCC1.S=P[P+](c1ccccc1)(c1ccccc1)c1ccccc1. The molecule has 2 aromatic heterocycles. The number of carbonyl (C=O) groups is 4. The Balaban J connectivity index is 0.000000156. The number of fused-ring (bicyclic) bond motifs is 2. The first kappa shape index (κ1) is 83.0. The third kappa shape index (κ3) is 20.9. The number of halogens is 4. The molecular weight excluding hydrogens is 1520 g/mol. The van der Waals surface area contributed by atoms with Gasteiger partial charge in [0.2, 0.25) is 11.8 Å². The molecule has 11 aromatic rings. The maximum Gasteiger partial charge on any atom is 0.230 e. The Labute approximate surface area is 665 Å². The Morgan fingerprint density at radius 3 is 1.25 bits per heavy atom. The average Bonchev–Trinajstić information content (AvgIpc) is 1.55. The molecule has 0 spiro atoms. The van der Waals surface area contributed by atoms with Gasteiger partial charge in [-0.3, -0.25) is 29.0 Å². The second-order valence-corrected chi connectivity index (χ2v) is 34.6. The minimum Gasteiger partial charge on any atom is -0.504 e. The molecule has 4 heterocycles. The predicted molar refractivity (Wildman–Crippen MR) is 434 cm³/mol. The number of benzene rings is 9. The van der Waals surface area contributed by atoms with Crippen molar-refractivity contribution in [3.8, 4) is 46.3 Å². The monoisotopic (exact) mass is 1610 g/mol. The van der Waals surface area contributed by atoms with Crippen molar-refractivity contribution in [3.05, 3.63) is 258 Å². The van der Waals surface area contributed by atoms with E-state index < -0.39 is 35.2 Å². The lowest BCUT2D eigenvalue weighted by molar-refractivity contribution is -0.135. The van der Waals surface area contributed by atoms with Crippen LogP contribution in [0, 0.1) is 34.1 Å². The zero-order chi connectivity index (χ0) is 80.0. The van der Waals surface area contributed by atoms with Crippen LogP contribution in [0.15, 0.2) is 213 Å². The molecule has 2 aliphatic heterocycles. The van der Waals surface area contributed by atoms with Gasteiger partial charge in [0.15, 0.2) is 83.3 Å². The minimum absolute atomic E-state index is 0.0361. The Kier molecular flexibility index (Phi) is 28.8. The molecule has 0 unspecified atom stereocenters. The smallest absolute Gasteiger partial charge is 0.230 e. The summed E-state index contributed by atoms with van der Waals surface area (Å²) in [6, 6.07) is 58.1. The van der Waals surface area contributed by atoms with Crippen LogP contribution in [0.2, 0.25) is 0 Å². The van der Waals surface area contributed by atoms with E-state index in [-0.39, 0.29) is 89.4 Å². The summed E-state index contributed by atoms with van der Waals surface area (Å²) >= 11 is 5.65. The number of aromatic hydroxyl groups is 1. The number of aliphatic hydroxyl groups excluding tert-OH is 1. The summed E-state index contributed by atoms with van der Waals surface area (Å²) in [4.78, 5) is 73.4. The summed E-state index contributed by atoms with van der Waals surface area (Å²) < 4.78 is 95.4. The Bertz CT molecular complexity index is 5030. The fraction of sp³-hybridized carbons (Fsp3) is 0.295. The lowest BCUT2D eigenvalue weighted by Gasteiger charge is -2.26. The topological polar surface area (TPSA) is 231 Å². The molecule has 19 nitrogen and oxygen atoms in total. The van der Waals surface area contributed by atoms with Crippen LogP contribution >= 0.6 is 14.0 Å². The Morgan fingerprint density at radius 2 is 0.860 bits per heavy atom. The number of rotatable bonds is 30. The van der Waals surface area contributed by atoms with Crippen molar-refractivity contribution in [2.75, 3.05) is 93.1 Å². The van der Waals surface area contributed by atoms with E-state index in [1.165, 1.54) is 108 Å². The average molecular weight is 1610 g/mol. The van der Waals surface area contributed by atoms with E-state index in [1.807, 2.05) is 0 Å². The maximum absolute atomic E-state index is 15.3. The first-order valence-corrected chi connectivity index (χ1v) is 42.0. The summed E-state index contributed by atoms with van der Waals surface area (Å²) in [5.41, 5.74) is 0.962. The molecular formula is C88H87F4N6O13P2S+. The summed E-state index contributed by atoms with van der Waals surface area (Å²) in [5.74, 6) is -2.04. The van der Waals surface area contributed by atoms with Crippen molar-refractivity contribution in [2.45, 2.75) is 64.2 Å². The van der Waals surface area contributed by atoms with Gasteiger partial charge in [0.25, 0.3) is 0 Å². The molecule has 0 bridgehead atoms. The van der Waals surface area contributed by atoms with Gasteiger partial charge < -0.3 is 43.4 Å². The summed E-state index contributed by atoms with van der Waals surface area (Å²) in [5, 5.41) is 23.5. The minimum atomic E-state index is -1.75. The molecule has 15 rings (SSSR count). The summed E-state index contributed by atoms with van der Waals surface area (Å²) in [7, 11) is 3.97. The molecule has 590 valence electrons. The quantitative estimate of drug-likeness (QED) is 0.0184. The highest BCUT2D eigenvalue weighted by Crippen LogP contribution is 2.66. The van der Waals surface area contributed by atoms with Gasteiger partial charge >= 0.3 is 0 Å². The first-order chi connectivity index (χ1) is 55.4. The highest BCUT2D eigenvalue weighted by atomic mass is 32.6. The van der Waals surface area contributed by atoms with Crippen LogP contribution in [-0.4, -0.2) is 156 Å². The third-order valence-electron chi connectivity index (χ3n) is 20.3. The summed E-state index contributed by atoms with van der Waals surface area (Å²) in [6.07, 6.45) is 6.00. The number of ketones is 4. The standard InChI is InChI=1S/C35H35F2N3O6.C28H22F2N2O5.C18H15P2S.C7H15NO2/c1-43-30-21-28-26(20-31(30)45-14-2-11-40-12-15-44-16-13-40)34(39-22-38-28)46-29-8-5-24(17-27(29)37)19-33(42)35(9-10-35)32(41)18-23-3-6-25(36)7-4-23;1-36-24-14-21-19(13-22(24)33)27(32-15-31-21)37-23-7-4-17(10-20(23)30)12-26(35)28(8-9-28)25(34)11-16-2-5-18(29)6-3-16;21-19-20(16-10-4-1-5-11-16,17-12-6-2-7-13-17)18-14-8-3-9-15-18;9-5-1-2-8-3-6-10-7-4-8/h3-8,17,20-22H,2,9-16,18-19H2,1H3;2-7,10,13-15,33H,8-9,11-12H2,1H3;1-15H;9H,1-7H2/q;;+1;. The van der Waals surface area contributed by atoms with E-state index in [2.05, 4.69) is 121 Å². The number of ether oxygens (including phenoxy) is 7. The molecule has 0 amide bonds. The largest absolute Gasteiger partial charge is 0.504 e. The van der Waals surface area contributed by atoms with E-state index >= 15 is 4.39 Å². The molecule has 0 radical (unpaired) electrons. The molecule has 0 atom stereocenters. The van der Waals surface area contributed by atoms with Gasteiger partial charge in [-0.1, -0.05) is 91.0 Å². The zero-order valence-electron chi connectivity index (χ0n) is 63.1. The maximum atomic E-state index is 15.3. The lowest BCUT2D eigenvalue weighted by atomic mass is 9.88. The fourth-order valence-electron chi connectivity index (χ4n) is 13.6. The molecule has 2 saturated carbocycles. The van der Waals surface area contributed by atoms with Crippen molar-refractivity contribution >= 4 is 86.7 Å². The second kappa shape index (κ2) is 39.6. The number of phenols is 1. The molecule has 2 saturated heterocycles. The van der Waals surface area contributed by atoms with E-state index in [0.717, 1.165) is 85.6 Å². The van der Waals surface area contributed by atoms with Gasteiger partial charge in [0.1, 0.15) is 40.2 Å². The van der Waals surface area contributed by atoms with E-state index in [4.69, 9.17) is 50.1 Å². The van der Waals surface area contributed by atoms with Crippen LogP contribution in [-0.2, 0) is 66.1 Å². The second-order valence-electron chi connectivity index (χ2n) is 27.9. The number of nitrogens with zero attached hydrogens (tertiary/aromatic N) is 6. The van der Waals surface area contributed by atoms with Crippen LogP contribution in [0.25, 0.3) is 21.8 Å². The van der Waals surface area contributed by atoms with Crippen LogP contribution in [0.5, 0.6) is 46.3 Å². The van der Waals surface area contributed by atoms with E-state index in [0.29, 0.717) is 94.5 Å². The number of morpholine rings is 2. The number of hydrogen-bond donors (Lipinski definition) is 2. The van der Waals surface area contributed by atoms with Gasteiger partial charge in [0, 0.05) is 83.7 Å². The number of hydrogen-bond acceptors (Lipinski definition) is 20. The zero-order valence-corrected chi connectivity index (χ0v) is 65.8. The number of aliphatic hydroxyl groups is 1. The molecule has 114 heavy (non-hydrogen) atoms. The highest BCUT2D eigenvalue weighted by Gasteiger charge is 2.56. The van der Waals surface area contributed by atoms with Gasteiger partial charge in [-0.25, -0.2) is 37.5 Å². The third-order valence-corrected chi connectivity index (χ3v) is 28.7. The molecule has 4 fully saturated rings. The van der Waals surface area contributed by atoms with E-state index in [1.54, 1.807) is 43.5 Å². The van der Waals surface area contributed by atoms with Gasteiger partial charge in [-0.2, -0.15) is 0 Å². The molecule has 2 aliphatic carbocycles. The molecule has 4 aliphatic rings. The number of methoxy groups -OCH3 is 2. The fourth-order valence-corrected chi connectivity index (χ4v) is 21.2. The number of aromatic nitrogens is 4. The van der Waals surface area contributed by atoms with Crippen LogP contribution < -0.4 is 39.6 Å². The number of Topliss-reactive ketones (excluding diaryl/α,β-unsaturated/α-hetero) is 4. The first-order valence-electron chi connectivity index (χ1n) is 37.6. The van der Waals surface area contributed by atoms with Crippen LogP contribution in [0.3, 0.4) is 0 Å². The van der Waals surface area contributed by atoms with Gasteiger partial charge in [-0.05, 0) is 170 Å². The Morgan fingerprint density at radius 1 is 0.474 bits per heavy atom. The predicted octanol–water partition coefficient (Wildman–Crippen LogP) is 14.6. The lowest BCUT2D eigenvalue weighted by Crippen LogP contribution is -2.37. The molecule has 2 N–H and O–H groups in total. The van der Waals surface area contributed by atoms with E-state index in [9.17, 15) is 37.5 Å². The van der Waals surface area contributed by atoms with Crippen LogP contribution in [0.1, 0.15) is 60.8 Å². The number of phenolic OH excluding ortho intramolecular Hbond substituents is 1. The highest BCUT2D eigenvalue weighted by molar-refractivity contribution is 8.51. The Hall–Kier alpha value is -10.4. The van der Waals surface area contributed by atoms with Gasteiger partial charge in [0.05, 0.1) is 79.9 Å². The summed E-state index contributed by atoms with van der Waals surface area (Å²) in [6.45, 7) is 7.99. The van der Waals surface area contributed by atoms with Crippen molar-refractivity contribution in [3.63, 3.8) is 0 Å². The van der Waals surface area contributed by atoms with Crippen molar-refractivity contribution in [1.29, 1.82) is 0 Å². The van der Waals surface area contributed by atoms with Crippen molar-refractivity contribution in [1.82, 2.24) is 29.7 Å². The number of carbonyl (C=O) groups excluding carboxylic acids is 4. The van der Waals surface area contributed by atoms with Crippen LogP contribution in [0.4, 0.5) is 17.6 Å². The molecule has 9 aromatic carbocycles. The van der Waals surface area contributed by atoms with Crippen molar-refractivity contribution in [2.24, 2.45) is 10.8 Å².